The Kier molecular flexibility index (Phi) is 8.30. The van der Waals surface area contributed by atoms with Crippen molar-refractivity contribution < 1.29 is 19.1 Å². The molecule has 216 valence electrons. The van der Waals surface area contributed by atoms with Gasteiger partial charge in [-0.05, 0) is 23.3 Å². The van der Waals surface area contributed by atoms with Crippen molar-refractivity contribution >= 4 is 46.1 Å². The molecule has 2 amide bonds. The van der Waals surface area contributed by atoms with Crippen LogP contribution in [0.2, 0.25) is 5.02 Å². The van der Waals surface area contributed by atoms with E-state index in [1.165, 1.54) is 4.90 Å². The number of amides is 2. The molecule has 0 bridgehead atoms. The summed E-state index contributed by atoms with van der Waals surface area (Å²) >= 11 is 6.80. The number of hydrogen-bond donors (Lipinski definition) is 2. The van der Waals surface area contributed by atoms with Gasteiger partial charge in [-0.25, -0.2) is 9.37 Å². The standard InChI is InChI=1S/C30H34ClFN6O3/c1-4-24(40)37-11-13-38(14-12-37)29-22-17-23(31)26(21-16-19(39)15-18-7-5-6-8-20(18)21)27(32)28(22)34-30(35-29)33-10-9-25(41)36(2)3/h5-8,16-17,21,39H,4,9-15H2,1-3H3,(H,33,34,35)/t21-/m1/s1. The molecule has 1 fully saturated rings. The fourth-order valence-electron chi connectivity index (χ4n) is 5.47. The molecule has 2 heterocycles. The number of piperazine rings is 1. The third-order valence-electron chi connectivity index (χ3n) is 7.69. The number of fused-ring (bicyclic) bond motifs is 2. The molecule has 41 heavy (non-hydrogen) atoms. The minimum atomic E-state index is -0.590. The summed E-state index contributed by atoms with van der Waals surface area (Å²) in [6, 6.07) is 9.29. The Hall–Kier alpha value is -3.92. The molecule has 9 nitrogen and oxygen atoms in total. The van der Waals surface area contributed by atoms with Gasteiger partial charge in [-0.2, -0.15) is 4.98 Å². The maximum absolute atomic E-state index is 16.6. The largest absolute Gasteiger partial charge is 0.512 e. The first kappa shape index (κ1) is 28.6. The zero-order chi connectivity index (χ0) is 29.3. The second kappa shape index (κ2) is 11.9. The van der Waals surface area contributed by atoms with Gasteiger partial charge in [-0.15, -0.1) is 0 Å². The van der Waals surface area contributed by atoms with Crippen LogP contribution in [0.5, 0.6) is 0 Å². The molecule has 1 atom stereocenters. The molecule has 5 rings (SSSR count). The zero-order valence-corrected chi connectivity index (χ0v) is 24.2. The second-order valence-electron chi connectivity index (χ2n) is 10.6. The number of aromatic nitrogens is 2. The van der Waals surface area contributed by atoms with E-state index in [-0.39, 0.29) is 52.6 Å². The van der Waals surface area contributed by atoms with Crippen molar-refractivity contribution in [1.82, 2.24) is 19.8 Å². The van der Waals surface area contributed by atoms with Gasteiger partial charge in [-0.1, -0.05) is 42.8 Å². The highest BCUT2D eigenvalue weighted by Gasteiger charge is 2.30. The molecule has 2 aliphatic rings. The fraction of sp³-hybridized carbons (Fsp3) is 0.400. The van der Waals surface area contributed by atoms with Gasteiger partial charge < -0.3 is 25.1 Å². The lowest BCUT2D eigenvalue weighted by Crippen LogP contribution is -2.49. The molecule has 3 aromatic rings. The monoisotopic (exact) mass is 580 g/mol. The first-order valence-corrected chi connectivity index (χ1v) is 14.2. The van der Waals surface area contributed by atoms with E-state index >= 15 is 4.39 Å². The van der Waals surface area contributed by atoms with Crippen LogP contribution in [0.1, 0.15) is 42.4 Å². The van der Waals surface area contributed by atoms with E-state index in [0.717, 1.165) is 11.1 Å². The van der Waals surface area contributed by atoms with E-state index in [9.17, 15) is 14.7 Å². The summed E-state index contributed by atoms with van der Waals surface area (Å²) in [4.78, 5) is 39.0. The quantitative estimate of drug-likeness (QED) is 0.424. The van der Waals surface area contributed by atoms with Gasteiger partial charge in [0.05, 0.1) is 5.76 Å². The molecule has 2 N–H and O–H groups in total. The van der Waals surface area contributed by atoms with Gasteiger partial charge in [0.15, 0.2) is 5.82 Å². The lowest BCUT2D eigenvalue weighted by atomic mass is 9.82. The number of nitrogens with zero attached hydrogens (tertiary/aromatic N) is 5. The van der Waals surface area contributed by atoms with Gasteiger partial charge >= 0.3 is 0 Å². The normalized spacial score (nSPS) is 16.8. The van der Waals surface area contributed by atoms with E-state index < -0.39 is 11.7 Å². The minimum Gasteiger partial charge on any atom is -0.512 e. The van der Waals surface area contributed by atoms with Crippen LogP contribution in [0.4, 0.5) is 16.2 Å². The number of carbonyl (C=O) groups excluding carboxylic acids is 2. The first-order chi connectivity index (χ1) is 19.7. The molecule has 1 aromatic heterocycles. The Morgan fingerprint density at radius 2 is 1.90 bits per heavy atom. The maximum atomic E-state index is 16.6. The van der Waals surface area contributed by atoms with Crippen LogP contribution in [-0.4, -0.2) is 83.5 Å². The van der Waals surface area contributed by atoms with Gasteiger partial charge in [-0.3, -0.25) is 9.59 Å². The number of aliphatic hydroxyl groups excluding tert-OH is 1. The van der Waals surface area contributed by atoms with Crippen molar-refractivity contribution in [3.05, 3.63) is 69.7 Å². The third kappa shape index (κ3) is 5.79. The molecule has 0 saturated carbocycles. The van der Waals surface area contributed by atoms with Crippen molar-refractivity contribution in [2.75, 3.05) is 57.0 Å². The minimum absolute atomic E-state index is 0.0574. The van der Waals surface area contributed by atoms with E-state index in [4.69, 9.17) is 16.6 Å². The Bertz CT molecular complexity index is 1520. The molecular formula is C30H34ClFN6O3. The van der Waals surface area contributed by atoms with E-state index in [1.807, 2.05) is 41.0 Å². The highest BCUT2D eigenvalue weighted by atomic mass is 35.5. The number of nitrogens with one attached hydrogen (secondary N) is 1. The smallest absolute Gasteiger partial charge is 0.225 e. The average molecular weight is 581 g/mol. The van der Waals surface area contributed by atoms with Crippen molar-refractivity contribution in [3.63, 3.8) is 0 Å². The lowest BCUT2D eigenvalue weighted by Gasteiger charge is -2.36. The lowest BCUT2D eigenvalue weighted by molar-refractivity contribution is -0.131. The SMILES string of the molecule is CCC(=O)N1CCN(c2nc(NCCC(=O)N(C)C)nc3c(F)c([C@@H]4C=C(O)Cc5ccccc54)c(Cl)cc23)CC1. The van der Waals surface area contributed by atoms with Crippen molar-refractivity contribution in [2.24, 2.45) is 0 Å². The predicted octanol–water partition coefficient (Wildman–Crippen LogP) is 4.50. The average Bonchev–Trinajstić information content (AvgIpc) is 2.96. The number of hydrogen-bond acceptors (Lipinski definition) is 7. The molecule has 0 spiro atoms. The summed E-state index contributed by atoms with van der Waals surface area (Å²) < 4.78 is 16.6. The first-order valence-electron chi connectivity index (χ1n) is 13.8. The number of rotatable bonds is 7. The van der Waals surface area contributed by atoms with E-state index in [2.05, 4.69) is 10.3 Å². The molecule has 0 unspecified atom stereocenters. The Morgan fingerprint density at radius 1 is 1.17 bits per heavy atom. The van der Waals surface area contributed by atoms with Crippen molar-refractivity contribution in [3.8, 4) is 0 Å². The van der Waals surface area contributed by atoms with Gasteiger partial charge in [0.2, 0.25) is 17.8 Å². The summed E-state index contributed by atoms with van der Waals surface area (Å²) in [6.45, 7) is 4.20. The van der Waals surface area contributed by atoms with Crippen LogP contribution in [-0.2, 0) is 16.0 Å². The Labute approximate surface area is 243 Å². The zero-order valence-electron chi connectivity index (χ0n) is 23.5. The summed E-state index contributed by atoms with van der Waals surface area (Å²) in [6.07, 6.45) is 2.67. The number of halogens is 2. The van der Waals surface area contributed by atoms with Gasteiger partial charge in [0.1, 0.15) is 11.3 Å². The van der Waals surface area contributed by atoms with Crippen LogP contribution in [0.15, 0.2) is 42.2 Å². The van der Waals surface area contributed by atoms with Crippen LogP contribution in [0, 0.1) is 5.82 Å². The number of anilines is 2. The van der Waals surface area contributed by atoms with Crippen molar-refractivity contribution in [2.45, 2.75) is 32.1 Å². The topological polar surface area (TPSA) is 102 Å². The van der Waals surface area contributed by atoms with Crippen LogP contribution in [0.25, 0.3) is 10.9 Å². The number of benzene rings is 2. The molecule has 0 radical (unpaired) electrons. The van der Waals surface area contributed by atoms with Crippen LogP contribution in [0.3, 0.4) is 0 Å². The second-order valence-corrected chi connectivity index (χ2v) is 11.0. The molecule has 1 aliphatic carbocycles. The Balaban J connectivity index is 1.58. The summed E-state index contributed by atoms with van der Waals surface area (Å²) in [5.41, 5.74) is 2.11. The number of carbonyl (C=O) groups is 2. The van der Waals surface area contributed by atoms with Gasteiger partial charge in [0.25, 0.3) is 0 Å². The Morgan fingerprint density at radius 3 is 2.61 bits per heavy atom. The molecule has 1 aliphatic heterocycles. The van der Waals surface area contributed by atoms with Crippen molar-refractivity contribution in [1.29, 1.82) is 0 Å². The van der Waals surface area contributed by atoms with E-state index in [1.54, 1.807) is 26.2 Å². The molecule has 11 heteroatoms. The third-order valence-corrected chi connectivity index (χ3v) is 8.00. The highest BCUT2D eigenvalue weighted by Crippen LogP contribution is 2.42. The summed E-state index contributed by atoms with van der Waals surface area (Å²) in [7, 11) is 3.37. The number of aliphatic hydroxyl groups is 1. The number of allylic oxidation sites excluding steroid dienone is 2. The molecule has 1 saturated heterocycles. The van der Waals surface area contributed by atoms with Crippen LogP contribution >= 0.6 is 11.6 Å². The molecular weight excluding hydrogens is 547 g/mol. The summed E-state index contributed by atoms with van der Waals surface area (Å²) in [5, 5.41) is 14.3. The van der Waals surface area contributed by atoms with Crippen LogP contribution < -0.4 is 10.2 Å². The van der Waals surface area contributed by atoms with Gasteiger partial charge in [0, 0.05) is 88.0 Å². The highest BCUT2D eigenvalue weighted by molar-refractivity contribution is 6.32. The molecule has 2 aromatic carbocycles. The maximum Gasteiger partial charge on any atom is 0.225 e. The predicted molar refractivity (Wildman–Crippen MR) is 158 cm³/mol. The fourth-order valence-corrected chi connectivity index (χ4v) is 5.78. The van der Waals surface area contributed by atoms with E-state index in [0.29, 0.717) is 50.2 Å². The summed E-state index contributed by atoms with van der Waals surface area (Å²) in [5.74, 6) is -0.288.